The first-order valence-corrected chi connectivity index (χ1v) is 5.49. The van der Waals surface area contributed by atoms with Crippen LogP contribution < -0.4 is 5.73 Å². The fourth-order valence-electron chi connectivity index (χ4n) is 2.14. The monoisotopic (exact) mass is 240 g/mol. The van der Waals surface area contributed by atoms with Crippen LogP contribution in [0.2, 0.25) is 0 Å². The van der Waals surface area contributed by atoms with E-state index in [0.29, 0.717) is 6.54 Å². The number of carbonyl (C=O) groups excluding carboxylic acids is 1. The SMILES string of the molecule is CC(c1cc(F)ccc1F)N1CC(N)CC1=O. The first-order valence-electron chi connectivity index (χ1n) is 5.49. The van der Waals surface area contributed by atoms with E-state index in [-0.39, 0.29) is 23.9 Å². The molecule has 2 rings (SSSR count). The minimum absolute atomic E-state index is 0.117. The summed E-state index contributed by atoms with van der Waals surface area (Å²) in [5.41, 5.74) is 5.86. The van der Waals surface area contributed by atoms with Crippen molar-refractivity contribution in [1.29, 1.82) is 0 Å². The van der Waals surface area contributed by atoms with Gasteiger partial charge in [-0.1, -0.05) is 0 Å². The molecule has 5 heteroatoms. The number of benzene rings is 1. The van der Waals surface area contributed by atoms with Crippen molar-refractivity contribution in [2.45, 2.75) is 25.4 Å². The number of nitrogens with two attached hydrogens (primary N) is 1. The highest BCUT2D eigenvalue weighted by molar-refractivity contribution is 5.79. The lowest BCUT2D eigenvalue weighted by Gasteiger charge is -2.25. The molecule has 3 nitrogen and oxygen atoms in total. The Hall–Kier alpha value is -1.49. The summed E-state index contributed by atoms with van der Waals surface area (Å²) in [5, 5.41) is 0. The van der Waals surface area contributed by atoms with Gasteiger partial charge < -0.3 is 10.6 Å². The minimum Gasteiger partial charge on any atom is -0.334 e. The van der Waals surface area contributed by atoms with Gasteiger partial charge in [0.15, 0.2) is 0 Å². The number of hydrogen-bond donors (Lipinski definition) is 1. The fourth-order valence-corrected chi connectivity index (χ4v) is 2.14. The molecule has 17 heavy (non-hydrogen) atoms. The highest BCUT2D eigenvalue weighted by Crippen LogP contribution is 2.27. The van der Waals surface area contributed by atoms with Crippen LogP contribution in [0, 0.1) is 11.6 Å². The predicted octanol–water partition coefficient (Wildman–Crippen LogP) is 1.59. The van der Waals surface area contributed by atoms with Crippen molar-refractivity contribution >= 4 is 5.91 Å². The molecule has 2 unspecified atom stereocenters. The zero-order valence-corrected chi connectivity index (χ0v) is 9.49. The summed E-state index contributed by atoms with van der Waals surface area (Å²) in [6.07, 6.45) is 0.265. The molecule has 0 aromatic heterocycles. The molecule has 1 amide bonds. The molecule has 0 radical (unpaired) electrons. The maximum absolute atomic E-state index is 13.6. The van der Waals surface area contributed by atoms with Gasteiger partial charge in [-0.3, -0.25) is 4.79 Å². The Morgan fingerprint density at radius 2 is 2.18 bits per heavy atom. The summed E-state index contributed by atoms with van der Waals surface area (Å²) < 4.78 is 26.6. The molecule has 0 saturated carbocycles. The Labute approximate surface area is 98.2 Å². The summed E-state index contributed by atoms with van der Waals surface area (Å²) >= 11 is 0. The second-order valence-corrected chi connectivity index (χ2v) is 4.35. The zero-order chi connectivity index (χ0) is 12.6. The molecule has 2 N–H and O–H groups in total. The van der Waals surface area contributed by atoms with Crippen LogP contribution in [0.1, 0.15) is 24.9 Å². The second-order valence-electron chi connectivity index (χ2n) is 4.35. The van der Waals surface area contributed by atoms with E-state index in [1.807, 2.05) is 0 Å². The van der Waals surface area contributed by atoms with E-state index in [0.717, 1.165) is 18.2 Å². The van der Waals surface area contributed by atoms with Gasteiger partial charge in [-0.25, -0.2) is 8.78 Å². The van der Waals surface area contributed by atoms with Crippen molar-refractivity contribution in [2.75, 3.05) is 6.54 Å². The predicted molar refractivity (Wildman–Crippen MR) is 59.1 cm³/mol. The van der Waals surface area contributed by atoms with Gasteiger partial charge in [-0.2, -0.15) is 0 Å². The first-order chi connectivity index (χ1) is 7.99. The van der Waals surface area contributed by atoms with Crippen LogP contribution in [-0.2, 0) is 4.79 Å². The van der Waals surface area contributed by atoms with Gasteiger partial charge in [-0.05, 0) is 25.1 Å². The largest absolute Gasteiger partial charge is 0.334 e. The summed E-state index contributed by atoms with van der Waals surface area (Å²) in [6, 6.07) is 2.54. The maximum Gasteiger partial charge on any atom is 0.224 e. The molecule has 2 atom stereocenters. The lowest BCUT2D eigenvalue weighted by Crippen LogP contribution is -2.31. The molecule has 1 aromatic carbocycles. The molecule has 1 saturated heterocycles. The molecule has 0 aliphatic carbocycles. The molecule has 1 aliphatic heterocycles. The highest BCUT2D eigenvalue weighted by Gasteiger charge is 2.32. The molecule has 1 aliphatic rings. The number of rotatable bonds is 2. The Balaban J connectivity index is 2.27. The van der Waals surface area contributed by atoms with Gasteiger partial charge in [0.2, 0.25) is 5.91 Å². The number of likely N-dealkylation sites (tertiary alicyclic amines) is 1. The van der Waals surface area contributed by atoms with E-state index in [1.165, 1.54) is 4.90 Å². The summed E-state index contributed by atoms with van der Waals surface area (Å²) in [7, 11) is 0. The number of hydrogen-bond acceptors (Lipinski definition) is 2. The van der Waals surface area contributed by atoms with E-state index in [1.54, 1.807) is 6.92 Å². The Morgan fingerprint density at radius 3 is 2.76 bits per heavy atom. The van der Waals surface area contributed by atoms with Crippen molar-refractivity contribution < 1.29 is 13.6 Å². The molecule has 92 valence electrons. The van der Waals surface area contributed by atoms with Crippen LogP contribution in [0.5, 0.6) is 0 Å². The number of halogens is 2. The second kappa shape index (κ2) is 4.41. The third-order valence-corrected chi connectivity index (χ3v) is 3.06. The van der Waals surface area contributed by atoms with E-state index < -0.39 is 17.7 Å². The van der Waals surface area contributed by atoms with Crippen LogP contribution in [-0.4, -0.2) is 23.4 Å². The van der Waals surface area contributed by atoms with Gasteiger partial charge in [0.25, 0.3) is 0 Å². The Bertz CT molecular complexity index is 450. The zero-order valence-electron chi connectivity index (χ0n) is 9.49. The molecule has 1 fully saturated rings. The lowest BCUT2D eigenvalue weighted by molar-refractivity contribution is -0.129. The van der Waals surface area contributed by atoms with Gasteiger partial charge in [0.1, 0.15) is 11.6 Å². The van der Waals surface area contributed by atoms with Crippen LogP contribution in [0.15, 0.2) is 18.2 Å². The molecule has 1 aromatic rings. The Kier molecular flexibility index (Phi) is 3.11. The first kappa shape index (κ1) is 12.0. The lowest BCUT2D eigenvalue weighted by atomic mass is 10.1. The van der Waals surface area contributed by atoms with Crippen molar-refractivity contribution in [3.05, 3.63) is 35.4 Å². The van der Waals surface area contributed by atoms with E-state index in [2.05, 4.69) is 0 Å². The minimum atomic E-state index is -0.510. The van der Waals surface area contributed by atoms with Gasteiger partial charge >= 0.3 is 0 Å². The standard InChI is InChI=1S/C12H14F2N2O/c1-7(16-6-9(15)5-12(16)17)10-4-8(13)2-3-11(10)14/h2-4,7,9H,5-6,15H2,1H3. The quantitative estimate of drug-likeness (QED) is 0.853. The van der Waals surface area contributed by atoms with Crippen LogP contribution >= 0.6 is 0 Å². The smallest absolute Gasteiger partial charge is 0.224 e. The molecule has 0 spiro atoms. The van der Waals surface area contributed by atoms with Crippen molar-refractivity contribution in [2.24, 2.45) is 5.73 Å². The van der Waals surface area contributed by atoms with Gasteiger partial charge in [0, 0.05) is 24.6 Å². The van der Waals surface area contributed by atoms with Crippen LogP contribution in [0.4, 0.5) is 8.78 Å². The van der Waals surface area contributed by atoms with Gasteiger partial charge in [0.05, 0.1) is 6.04 Å². The third kappa shape index (κ3) is 2.29. The average molecular weight is 240 g/mol. The number of amides is 1. The van der Waals surface area contributed by atoms with Crippen LogP contribution in [0.3, 0.4) is 0 Å². The normalized spacial score (nSPS) is 22.0. The summed E-state index contributed by atoms with van der Waals surface area (Å²) in [4.78, 5) is 13.1. The van der Waals surface area contributed by atoms with Crippen LogP contribution in [0.25, 0.3) is 0 Å². The molecular formula is C12H14F2N2O. The number of carbonyl (C=O) groups is 1. The van der Waals surface area contributed by atoms with E-state index >= 15 is 0 Å². The van der Waals surface area contributed by atoms with E-state index in [4.69, 9.17) is 5.73 Å². The fraction of sp³-hybridized carbons (Fsp3) is 0.417. The van der Waals surface area contributed by atoms with Crippen molar-refractivity contribution in [1.82, 2.24) is 4.90 Å². The molecule has 0 bridgehead atoms. The summed E-state index contributed by atoms with van der Waals surface area (Å²) in [6.45, 7) is 2.06. The highest BCUT2D eigenvalue weighted by atomic mass is 19.1. The van der Waals surface area contributed by atoms with E-state index in [9.17, 15) is 13.6 Å². The summed E-state index contributed by atoms with van der Waals surface area (Å²) in [5.74, 6) is -1.13. The number of nitrogens with zero attached hydrogens (tertiary/aromatic N) is 1. The maximum atomic E-state index is 13.6. The molecule has 1 heterocycles. The Morgan fingerprint density at radius 1 is 1.47 bits per heavy atom. The average Bonchev–Trinajstić information content (AvgIpc) is 2.60. The topological polar surface area (TPSA) is 46.3 Å². The van der Waals surface area contributed by atoms with Crippen molar-refractivity contribution in [3.63, 3.8) is 0 Å². The van der Waals surface area contributed by atoms with Gasteiger partial charge in [-0.15, -0.1) is 0 Å². The van der Waals surface area contributed by atoms with Crippen molar-refractivity contribution in [3.8, 4) is 0 Å². The molecular weight excluding hydrogens is 226 g/mol. The third-order valence-electron chi connectivity index (χ3n) is 3.06.